The predicted molar refractivity (Wildman–Crippen MR) is 75.6 cm³/mol. The van der Waals surface area contributed by atoms with Crippen LogP contribution in [0, 0.1) is 5.41 Å². The van der Waals surface area contributed by atoms with Gasteiger partial charge in [0.25, 0.3) is 0 Å². The molecule has 2 nitrogen and oxygen atoms in total. The molecule has 19 heavy (non-hydrogen) atoms. The zero-order valence-corrected chi connectivity index (χ0v) is 11.8. The number of rotatable bonds is 2. The highest BCUT2D eigenvalue weighted by Crippen LogP contribution is 2.50. The van der Waals surface area contributed by atoms with Crippen LogP contribution in [-0.2, 0) is 4.79 Å². The van der Waals surface area contributed by atoms with Crippen molar-refractivity contribution in [3.05, 3.63) is 29.3 Å². The number of hydrogen-bond acceptors (Lipinski definition) is 2. The van der Waals surface area contributed by atoms with E-state index in [2.05, 4.69) is 0 Å². The van der Waals surface area contributed by atoms with Gasteiger partial charge in [0.15, 0.2) is 0 Å². The van der Waals surface area contributed by atoms with Gasteiger partial charge in [-0.25, -0.2) is 0 Å². The summed E-state index contributed by atoms with van der Waals surface area (Å²) in [6.07, 6.45) is 7.33. The van der Waals surface area contributed by atoms with E-state index in [4.69, 9.17) is 16.3 Å². The number of halogens is 1. The maximum atomic E-state index is 12.1. The van der Waals surface area contributed by atoms with E-state index in [-0.39, 0.29) is 11.5 Å². The maximum absolute atomic E-state index is 12.1. The van der Waals surface area contributed by atoms with Gasteiger partial charge >= 0.3 is 0 Å². The minimum Gasteiger partial charge on any atom is -0.487 e. The first kappa shape index (κ1) is 13.0. The summed E-state index contributed by atoms with van der Waals surface area (Å²) in [5.41, 5.74) is -0.213. The summed E-state index contributed by atoms with van der Waals surface area (Å²) in [6, 6.07) is 7.52. The van der Waals surface area contributed by atoms with Crippen LogP contribution < -0.4 is 4.74 Å². The summed E-state index contributed by atoms with van der Waals surface area (Å²) in [7, 11) is 0. The van der Waals surface area contributed by atoms with E-state index in [1.165, 1.54) is 12.8 Å². The fraction of sp³-hybridized carbons (Fsp3) is 0.562. The van der Waals surface area contributed by atoms with E-state index in [1.54, 1.807) is 0 Å². The first-order chi connectivity index (χ1) is 9.22. The molecular formula is C16H19ClO2. The van der Waals surface area contributed by atoms with E-state index >= 15 is 0 Å². The van der Waals surface area contributed by atoms with Crippen molar-refractivity contribution in [1.82, 2.24) is 0 Å². The van der Waals surface area contributed by atoms with Crippen LogP contribution in [-0.4, -0.2) is 11.9 Å². The number of para-hydroxylation sites is 1. The normalized spacial score (nSPS) is 25.7. The van der Waals surface area contributed by atoms with E-state index in [9.17, 15) is 4.79 Å². The van der Waals surface area contributed by atoms with Gasteiger partial charge in [-0.2, -0.15) is 0 Å². The number of Topliss-reactive ketones (excluding diaryl/α,β-unsaturated/α-hetero) is 1. The number of carbonyl (C=O) groups is 1. The molecule has 0 bridgehead atoms. The van der Waals surface area contributed by atoms with E-state index in [0.717, 1.165) is 25.7 Å². The fourth-order valence-corrected chi connectivity index (χ4v) is 3.60. The molecule has 2 aliphatic carbocycles. The van der Waals surface area contributed by atoms with Crippen LogP contribution in [0.2, 0.25) is 5.02 Å². The van der Waals surface area contributed by atoms with Crippen LogP contribution >= 0.6 is 11.6 Å². The molecule has 1 unspecified atom stereocenters. The summed E-state index contributed by atoms with van der Waals surface area (Å²) in [4.78, 5) is 12.1. The van der Waals surface area contributed by atoms with Gasteiger partial charge in [0.1, 0.15) is 17.6 Å². The van der Waals surface area contributed by atoms with E-state index in [0.29, 0.717) is 23.0 Å². The molecule has 1 atom stereocenters. The van der Waals surface area contributed by atoms with Gasteiger partial charge in [0.05, 0.1) is 10.4 Å². The van der Waals surface area contributed by atoms with Crippen molar-refractivity contribution in [2.45, 2.75) is 51.0 Å². The molecule has 0 radical (unpaired) electrons. The van der Waals surface area contributed by atoms with E-state index < -0.39 is 0 Å². The number of benzene rings is 1. The van der Waals surface area contributed by atoms with Crippen molar-refractivity contribution in [1.29, 1.82) is 0 Å². The maximum Gasteiger partial charge on any atom is 0.146 e. The summed E-state index contributed by atoms with van der Waals surface area (Å²) in [6.45, 7) is 0. The molecule has 0 N–H and O–H groups in total. The highest BCUT2D eigenvalue weighted by molar-refractivity contribution is 6.32. The fourth-order valence-electron chi connectivity index (χ4n) is 3.42. The van der Waals surface area contributed by atoms with Gasteiger partial charge in [-0.05, 0) is 25.0 Å². The van der Waals surface area contributed by atoms with Gasteiger partial charge in [0.2, 0.25) is 0 Å². The van der Waals surface area contributed by atoms with Gasteiger partial charge < -0.3 is 4.74 Å². The molecule has 1 spiro atoms. The monoisotopic (exact) mass is 278 g/mol. The zero-order valence-electron chi connectivity index (χ0n) is 11.0. The lowest BCUT2D eigenvalue weighted by molar-refractivity contribution is -0.154. The molecule has 2 aliphatic rings. The van der Waals surface area contributed by atoms with Gasteiger partial charge in [-0.3, -0.25) is 4.79 Å². The molecule has 0 heterocycles. The Balaban J connectivity index is 1.78. The quantitative estimate of drug-likeness (QED) is 0.801. The van der Waals surface area contributed by atoms with Crippen molar-refractivity contribution in [2.75, 3.05) is 0 Å². The molecule has 0 aromatic heterocycles. The van der Waals surface area contributed by atoms with Crippen molar-refractivity contribution >= 4 is 17.4 Å². The Morgan fingerprint density at radius 1 is 1.11 bits per heavy atom. The van der Waals surface area contributed by atoms with Gasteiger partial charge in [-0.15, -0.1) is 0 Å². The molecule has 1 aromatic rings. The minimum atomic E-state index is -0.213. The number of ether oxygens (including phenoxy) is 1. The average molecular weight is 279 g/mol. The van der Waals surface area contributed by atoms with Gasteiger partial charge in [-0.1, -0.05) is 49.4 Å². The number of ketones is 1. The third-order valence-corrected chi connectivity index (χ3v) is 4.96. The molecule has 102 valence electrons. The smallest absolute Gasteiger partial charge is 0.146 e. The Kier molecular flexibility index (Phi) is 3.53. The lowest BCUT2D eigenvalue weighted by atomic mass is 9.60. The highest BCUT2D eigenvalue weighted by Gasteiger charge is 2.55. The Hall–Kier alpha value is -1.02. The largest absolute Gasteiger partial charge is 0.487 e. The van der Waals surface area contributed by atoms with Crippen molar-refractivity contribution in [3.63, 3.8) is 0 Å². The summed E-state index contributed by atoms with van der Waals surface area (Å²) in [5.74, 6) is 1.11. The van der Waals surface area contributed by atoms with E-state index in [1.807, 2.05) is 24.3 Å². The second-order valence-corrected chi connectivity index (χ2v) is 6.14. The molecule has 3 rings (SSSR count). The minimum absolute atomic E-state index is 0.0259. The van der Waals surface area contributed by atoms with Crippen LogP contribution in [0.15, 0.2) is 24.3 Å². The molecule has 0 saturated heterocycles. The molecule has 2 fully saturated rings. The molecular weight excluding hydrogens is 260 g/mol. The number of hydrogen-bond donors (Lipinski definition) is 0. The second kappa shape index (κ2) is 5.16. The van der Waals surface area contributed by atoms with Crippen LogP contribution in [0.4, 0.5) is 0 Å². The second-order valence-electron chi connectivity index (χ2n) is 5.73. The van der Waals surface area contributed by atoms with Crippen molar-refractivity contribution in [3.8, 4) is 5.75 Å². The Morgan fingerprint density at radius 2 is 1.79 bits per heavy atom. The number of carbonyl (C=O) groups excluding carboxylic acids is 1. The van der Waals surface area contributed by atoms with Crippen LogP contribution in [0.1, 0.15) is 44.9 Å². The molecule has 2 saturated carbocycles. The average Bonchev–Trinajstić information content (AvgIpc) is 2.68. The van der Waals surface area contributed by atoms with Crippen molar-refractivity contribution in [2.24, 2.45) is 5.41 Å². The zero-order chi connectivity index (χ0) is 13.3. The topological polar surface area (TPSA) is 26.3 Å². The van der Waals surface area contributed by atoms with Crippen LogP contribution in [0.3, 0.4) is 0 Å². The van der Waals surface area contributed by atoms with Crippen molar-refractivity contribution < 1.29 is 9.53 Å². The van der Waals surface area contributed by atoms with Crippen LogP contribution in [0.25, 0.3) is 0 Å². The Labute approximate surface area is 119 Å². The summed E-state index contributed by atoms with van der Waals surface area (Å²) < 4.78 is 6.05. The standard InChI is InChI=1S/C16H19ClO2/c17-12-7-3-4-8-13(12)19-15-11-14(18)16(15)9-5-1-2-6-10-16/h3-4,7-8,15H,1-2,5-6,9-11H2. The Bertz CT molecular complexity index is 475. The first-order valence-electron chi connectivity index (χ1n) is 7.17. The van der Waals surface area contributed by atoms with Crippen LogP contribution in [0.5, 0.6) is 5.75 Å². The molecule has 1 aromatic carbocycles. The van der Waals surface area contributed by atoms with Gasteiger partial charge in [0, 0.05) is 6.42 Å². The summed E-state index contributed by atoms with van der Waals surface area (Å²) >= 11 is 6.14. The summed E-state index contributed by atoms with van der Waals surface area (Å²) in [5, 5.41) is 0.630. The molecule has 0 aliphatic heterocycles. The lowest BCUT2D eigenvalue weighted by Gasteiger charge is -2.47. The third kappa shape index (κ3) is 2.27. The third-order valence-electron chi connectivity index (χ3n) is 4.64. The molecule has 0 amide bonds. The highest BCUT2D eigenvalue weighted by atomic mass is 35.5. The Morgan fingerprint density at radius 3 is 2.42 bits per heavy atom. The lowest BCUT2D eigenvalue weighted by Crippen LogP contribution is -2.56. The SMILES string of the molecule is O=C1CC(Oc2ccccc2Cl)C12CCCCCC2. The molecule has 3 heteroatoms. The predicted octanol–water partition coefficient (Wildman–Crippen LogP) is 4.40. The first-order valence-corrected chi connectivity index (χ1v) is 7.55.